The van der Waals surface area contributed by atoms with Gasteiger partial charge in [-0.3, -0.25) is 0 Å². The number of likely N-dealkylation sites (tertiary alicyclic amines) is 2. The molecular formula is C25H36N2O3. The fourth-order valence-electron chi connectivity index (χ4n) is 8.42. The molecule has 1 amide bonds. The van der Waals surface area contributed by atoms with Gasteiger partial charge in [0, 0.05) is 31.6 Å². The van der Waals surface area contributed by atoms with E-state index >= 15 is 0 Å². The average Bonchev–Trinajstić information content (AvgIpc) is 2.98. The maximum Gasteiger partial charge on any atom is 0.415 e. The van der Waals surface area contributed by atoms with Gasteiger partial charge in [0.2, 0.25) is 0 Å². The van der Waals surface area contributed by atoms with Crippen molar-refractivity contribution >= 4 is 6.09 Å². The van der Waals surface area contributed by atoms with Gasteiger partial charge in [0.25, 0.3) is 0 Å². The fourth-order valence-corrected chi connectivity index (χ4v) is 8.42. The molecule has 164 valence electrons. The van der Waals surface area contributed by atoms with Gasteiger partial charge in [-0.25, -0.2) is 4.79 Å². The van der Waals surface area contributed by atoms with Crippen molar-refractivity contribution in [2.24, 2.45) is 34.5 Å². The van der Waals surface area contributed by atoms with Crippen LogP contribution in [0.2, 0.25) is 0 Å². The molecule has 30 heavy (non-hydrogen) atoms. The van der Waals surface area contributed by atoms with Crippen molar-refractivity contribution in [2.75, 3.05) is 33.2 Å². The molecule has 3 saturated carbocycles. The van der Waals surface area contributed by atoms with Gasteiger partial charge < -0.3 is 19.6 Å². The first kappa shape index (κ1) is 19.4. The minimum Gasteiger partial charge on any atom is -0.411 e. The van der Waals surface area contributed by atoms with Crippen LogP contribution in [0.3, 0.4) is 0 Å². The number of amides is 1. The second kappa shape index (κ2) is 6.59. The monoisotopic (exact) mass is 412 g/mol. The molecule has 0 aromatic heterocycles. The second-order valence-corrected chi connectivity index (χ2v) is 11.7. The quantitative estimate of drug-likeness (QED) is 0.712. The Bertz CT molecular complexity index is 805. The van der Waals surface area contributed by atoms with Gasteiger partial charge in [-0.1, -0.05) is 12.5 Å². The van der Waals surface area contributed by atoms with Gasteiger partial charge in [-0.05, 0) is 93.2 Å². The summed E-state index contributed by atoms with van der Waals surface area (Å²) in [6.45, 7) is 6.24. The van der Waals surface area contributed by atoms with E-state index in [0.717, 1.165) is 63.0 Å². The number of hydrogen-bond acceptors (Lipinski definition) is 4. The predicted octanol–water partition coefficient (Wildman–Crippen LogP) is 3.80. The van der Waals surface area contributed by atoms with Crippen LogP contribution >= 0.6 is 0 Å². The molecule has 0 radical (unpaired) electrons. The van der Waals surface area contributed by atoms with E-state index in [2.05, 4.69) is 31.0 Å². The van der Waals surface area contributed by atoms with Crippen molar-refractivity contribution in [3.63, 3.8) is 0 Å². The largest absolute Gasteiger partial charge is 0.415 e. The number of nitrogens with zero attached hydrogens (tertiary/aromatic N) is 2. The Kier molecular flexibility index (Phi) is 4.25. The normalized spacial score (nSPS) is 44.1. The highest BCUT2D eigenvalue weighted by molar-refractivity contribution is 5.71. The molecule has 6 rings (SSSR count). The van der Waals surface area contributed by atoms with Crippen molar-refractivity contribution in [1.29, 1.82) is 0 Å². The first-order chi connectivity index (χ1) is 14.4. The van der Waals surface area contributed by atoms with Crippen LogP contribution in [0.25, 0.3) is 0 Å². The lowest BCUT2D eigenvalue weighted by Gasteiger charge is -2.58. The van der Waals surface area contributed by atoms with Gasteiger partial charge in [0.05, 0.1) is 6.10 Å². The van der Waals surface area contributed by atoms with Crippen molar-refractivity contribution in [1.82, 2.24) is 9.80 Å². The van der Waals surface area contributed by atoms with Crippen LogP contribution in [-0.2, 0) is 4.74 Å². The lowest BCUT2D eigenvalue weighted by atomic mass is 9.52. The Morgan fingerprint density at radius 2 is 1.93 bits per heavy atom. The molecule has 2 saturated heterocycles. The van der Waals surface area contributed by atoms with Crippen LogP contribution in [0.1, 0.15) is 51.9 Å². The van der Waals surface area contributed by atoms with Crippen LogP contribution in [0.15, 0.2) is 23.5 Å². The zero-order chi connectivity index (χ0) is 20.7. The Morgan fingerprint density at radius 3 is 2.70 bits per heavy atom. The summed E-state index contributed by atoms with van der Waals surface area (Å²) < 4.78 is 5.79. The lowest BCUT2D eigenvalue weighted by molar-refractivity contribution is -0.0917. The predicted molar refractivity (Wildman–Crippen MR) is 115 cm³/mol. The molecule has 1 spiro atoms. The number of ether oxygens (including phenoxy) is 1. The number of carbonyl (C=O) groups excluding carboxylic acids is 1. The summed E-state index contributed by atoms with van der Waals surface area (Å²) in [7, 11) is 2.14. The number of aliphatic hydroxyl groups is 1. The molecule has 2 heterocycles. The topological polar surface area (TPSA) is 53.0 Å². The molecule has 1 N–H and O–H groups in total. The van der Waals surface area contributed by atoms with Gasteiger partial charge in [0.15, 0.2) is 0 Å². The molecule has 2 aliphatic heterocycles. The molecule has 6 aliphatic rings. The molecule has 0 aromatic carbocycles. The highest BCUT2D eigenvalue weighted by Crippen LogP contribution is 2.61. The van der Waals surface area contributed by atoms with Crippen LogP contribution < -0.4 is 0 Å². The fraction of sp³-hybridized carbons (Fsp3) is 0.800. The molecule has 0 bridgehead atoms. The third-order valence-corrected chi connectivity index (χ3v) is 9.83. The Balaban J connectivity index is 1.09. The highest BCUT2D eigenvalue weighted by atomic mass is 16.6. The lowest BCUT2D eigenvalue weighted by Crippen LogP contribution is -2.72. The van der Waals surface area contributed by atoms with Crippen molar-refractivity contribution < 1.29 is 14.6 Å². The molecule has 5 unspecified atom stereocenters. The zero-order valence-corrected chi connectivity index (χ0v) is 18.5. The van der Waals surface area contributed by atoms with Gasteiger partial charge >= 0.3 is 6.09 Å². The minimum atomic E-state index is -0.168. The SMILES string of the molecule is CN1CC2(C1)CN(C(=O)OC1=CCC3C(=C1)CCC1C4CCC(O)C4(C)CC[C@H]31)C2. The van der Waals surface area contributed by atoms with Crippen LogP contribution in [0, 0.1) is 34.5 Å². The Labute approximate surface area is 180 Å². The molecule has 5 fully saturated rings. The van der Waals surface area contributed by atoms with Crippen molar-refractivity contribution in [2.45, 2.75) is 58.0 Å². The van der Waals surface area contributed by atoms with E-state index in [-0.39, 0.29) is 17.6 Å². The van der Waals surface area contributed by atoms with Gasteiger partial charge in [-0.2, -0.15) is 0 Å². The summed E-state index contributed by atoms with van der Waals surface area (Å²) in [6.07, 6.45) is 12.1. The molecule has 4 aliphatic carbocycles. The number of hydrogen-bond donors (Lipinski definition) is 1. The second-order valence-electron chi connectivity index (χ2n) is 11.7. The minimum absolute atomic E-state index is 0.0985. The Hall–Kier alpha value is -1.33. The maximum absolute atomic E-state index is 12.6. The average molecular weight is 413 g/mol. The molecule has 6 atom stereocenters. The summed E-state index contributed by atoms with van der Waals surface area (Å²) in [4.78, 5) is 16.8. The summed E-state index contributed by atoms with van der Waals surface area (Å²) in [6, 6.07) is 0. The van der Waals surface area contributed by atoms with E-state index in [1.54, 1.807) is 0 Å². The third-order valence-electron chi connectivity index (χ3n) is 9.83. The summed E-state index contributed by atoms with van der Waals surface area (Å²) in [5.41, 5.74) is 2.00. The highest BCUT2D eigenvalue weighted by Gasteiger charge is 2.56. The standard InChI is InChI=1S/C25H36N2O3/c1-24-10-9-19-18-6-4-17(30-23(29)27-14-25(15-27)12-26(2)13-25)11-16(18)3-5-20(19)21(24)7-8-22(24)28/h4,11,18-22,28H,3,5-10,12-15H2,1-2H3/t18?,19-,20?,21?,22?,24?/m1/s1. The summed E-state index contributed by atoms with van der Waals surface area (Å²) >= 11 is 0. The number of fused-ring (bicyclic) bond motifs is 5. The first-order valence-corrected chi connectivity index (χ1v) is 12.1. The van der Waals surface area contributed by atoms with E-state index in [0.29, 0.717) is 17.3 Å². The number of aliphatic hydroxyl groups excluding tert-OH is 1. The van der Waals surface area contributed by atoms with Crippen molar-refractivity contribution in [3.05, 3.63) is 23.5 Å². The zero-order valence-electron chi connectivity index (χ0n) is 18.5. The van der Waals surface area contributed by atoms with E-state index in [9.17, 15) is 9.90 Å². The number of carbonyl (C=O) groups is 1. The van der Waals surface area contributed by atoms with E-state index in [1.807, 2.05) is 4.90 Å². The van der Waals surface area contributed by atoms with E-state index in [1.165, 1.54) is 31.3 Å². The molecule has 5 nitrogen and oxygen atoms in total. The number of allylic oxidation sites excluding steroid dienone is 3. The summed E-state index contributed by atoms with van der Waals surface area (Å²) in [5.74, 6) is 3.59. The molecule has 0 aromatic rings. The van der Waals surface area contributed by atoms with Gasteiger partial charge in [0.1, 0.15) is 5.76 Å². The number of rotatable bonds is 1. The van der Waals surface area contributed by atoms with Crippen LogP contribution in [0.4, 0.5) is 4.79 Å². The Morgan fingerprint density at radius 1 is 1.13 bits per heavy atom. The third kappa shape index (κ3) is 2.77. The summed E-state index contributed by atoms with van der Waals surface area (Å²) in [5, 5.41) is 10.6. The maximum atomic E-state index is 12.6. The first-order valence-electron chi connectivity index (χ1n) is 12.1. The molecular weight excluding hydrogens is 376 g/mol. The van der Waals surface area contributed by atoms with Gasteiger partial charge in [-0.15, -0.1) is 0 Å². The van der Waals surface area contributed by atoms with E-state index in [4.69, 9.17) is 4.74 Å². The molecule has 5 heteroatoms. The smallest absolute Gasteiger partial charge is 0.411 e. The van der Waals surface area contributed by atoms with Crippen LogP contribution in [0.5, 0.6) is 0 Å². The van der Waals surface area contributed by atoms with Crippen molar-refractivity contribution in [3.8, 4) is 0 Å². The van der Waals surface area contributed by atoms with E-state index < -0.39 is 0 Å². The van der Waals surface area contributed by atoms with Crippen LogP contribution in [-0.4, -0.2) is 60.3 Å².